The number of hydrogen-bond acceptors (Lipinski definition) is 4. The third-order valence-corrected chi connectivity index (χ3v) is 9.01. The van der Waals surface area contributed by atoms with Gasteiger partial charge in [-0.05, 0) is 60.0 Å². The van der Waals surface area contributed by atoms with Crippen molar-refractivity contribution in [2.45, 2.75) is 29.8 Å². The summed E-state index contributed by atoms with van der Waals surface area (Å²) >= 11 is 12.1. The number of sulfonamides is 1. The average molecular weight is 523 g/mol. The fraction of sp³-hybridized carbons (Fsp3) is 0.130. The Kier molecular flexibility index (Phi) is 6.57. The summed E-state index contributed by atoms with van der Waals surface area (Å²) in [6.07, 6.45) is 0.283. The molecule has 0 aliphatic heterocycles. The maximum Gasteiger partial charge on any atom is 0.269 e. The van der Waals surface area contributed by atoms with Gasteiger partial charge in [0.2, 0.25) is 0 Å². The van der Waals surface area contributed by atoms with Crippen LogP contribution in [0.3, 0.4) is 0 Å². The second kappa shape index (κ2) is 9.12. The highest BCUT2D eigenvalue weighted by atomic mass is 35.5. The van der Waals surface area contributed by atoms with Crippen LogP contribution in [0, 0.1) is 0 Å². The molecule has 0 unspecified atom stereocenters. The minimum Gasteiger partial charge on any atom is -0.221 e. The van der Waals surface area contributed by atoms with E-state index in [0.717, 1.165) is 3.97 Å². The van der Waals surface area contributed by atoms with Crippen LogP contribution >= 0.6 is 23.2 Å². The van der Waals surface area contributed by atoms with Crippen molar-refractivity contribution in [3.05, 3.63) is 94.0 Å². The number of rotatable bonds is 7. The highest BCUT2D eigenvalue weighted by molar-refractivity contribution is 7.92. The molecular formula is C23H20Cl2N2O4S2. The summed E-state index contributed by atoms with van der Waals surface area (Å²) in [6, 6.07) is 19.1. The van der Waals surface area contributed by atoms with Crippen LogP contribution in [0.5, 0.6) is 0 Å². The molecule has 0 saturated carbocycles. The lowest BCUT2D eigenvalue weighted by atomic mass is 10.1. The minimum absolute atomic E-state index is 0.0198. The third kappa shape index (κ3) is 4.54. The van der Waals surface area contributed by atoms with E-state index in [1.54, 1.807) is 55.5 Å². The molecule has 1 N–H and O–H groups in total. The van der Waals surface area contributed by atoms with Crippen molar-refractivity contribution in [2.75, 3.05) is 0 Å². The summed E-state index contributed by atoms with van der Waals surface area (Å²) < 4.78 is 57.9. The fourth-order valence-electron chi connectivity index (χ4n) is 3.67. The summed E-state index contributed by atoms with van der Waals surface area (Å²) in [7, 11) is -8.48. The van der Waals surface area contributed by atoms with Gasteiger partial charge in [0.25, 0.3) is 20.0 Å². The number of aromatic nitrogens is 1. The highest BCUT2D eigenvalue weighted by Gasteiger charge is 2.33. The van der Waals surface area contributed by atoms with Gasteiger partial charge in [0, 0.05) is 22.0 Å². The molecule has 0 atom stereocenters. The van der Waals surface area contributed by atoms with E-state index in [4.69, 9.17) is 23.2 Å². The number of fused-ring (bicyclic) bond motifs is 1. The topological polar surface area (TPSA) is 85.2 Å². The third-order valence-electron chi connectivity index (χ3n) is 5.21. The van der Waals surface area contributed by atoms with Crippen LogP contribution in [0.15, 0.2) is 82.7 Å². The van der Waals surface area contributed by atoms with Crippen molar-refractivity contribution in [3.8, 4) is 0 Å². The first-order chi connectivity index (χ1) is 15.6. The molecular weight excluding hydrogens is 503 g/mol. The van der Waals surface area contributed by atoms with E-state index in [0.29, 0.717) is 26.6 Å². The number of benzene rings is 3. The second-order valence-electron chi connectivity index (χ2n) is 7.33. The quantitative estimate of drug-likeness (QED) is 0.360. The molecule has 0 bridgehead atoms. The molecule has 0 saturated heterocycles. The van der Waals surface area contributed by atoms with Crippen molar-refractivity contribution >= 4 is 54.2 Å². The van der Waals surface area contributed by atoms with Crippen LogP contribution in [0.25, 0.3) is 10.9 Å². The summed E-state index contributed by atoms with van der Waals surface area (Å²) in [5.41, 5.74) is 1.29. The fourth-order valence-corrected chi connectivity index (χ4v) is 7.41. The Balaban J connectivity index is 1.95. The maximum absolute atomic E-state index is 13.7. The van der Waals surface area contributed by atoms with Gasteiger partial charge in [-0.2, -0.15) is 0 Å². The number of halogens is 2. The van der Waals surface area contributed by atoms with E-state index < -0.39 is 20.0 Å². The monoisotopic (exact) mass is 522 g/mol. The van der Waals surface area contributed by atoms with Crippen molar-refractivity contribution in [3.63, 3.8) is 0 Å². The lowest BCUT2D eigenvalue weighted by molar-refractivity contribution is 0.564. The molecule has 6 nitrogen and oxygen atoms in total. The zero-order chi connectivity index (χ0) is 23.8. The first kappa shape index (κ1) is 23.8. The van der Waals surface area contributed by atoms with Gasteiger partial charge in [0.05, 0.1) is 10.4 Å². The molecule has 3 aromatic carbocycles. The van der Waals surface area contributed by atoms with Gasteiger partial charge in [-0.15, -0.1) is 0 Å². The van der Waals surface area contributed by atoms with Gasteiger partial charge in [-0.3, -0.25) is 0 Å². The Hall–Kier alpha value is -2.36. The van der Waals surface area contributed by atoms with Crippen LogP contribution in [-0.2, 0) is 33.0 Å². The largest absolute Gasteiger partial charge is 0.269 e. The Morgan fingerprint density at radius 3 is 2.12 bits per heavy atom. The Morgan fingerprint density at radius 1 is 0.848 bits per heavy atom. The Bertz CT molecular complexity index is 1530. The van der Waals surface area contributed by atoms with Crippen LogP contribution in [0.2, 0.25) is 10.0 Å². The van der Waals surface area contributed by atoms with Crippen molar-refractivity contribution in [2.24, 2.45) is 0 Å². The predicted octanol–water partition coefficient (Wildman–Crippen LogP) is 5.23. The summed E-state index contributed by atoms with van der Waals surface area (Å²) in [5, 5.41) is 1.06. The summed E-state index contributed by atoms with van der Waals surface area (Å²) in [5.74, 6) is 0. The second-order valence-corrected chi connectivity index (χ2v) is 11.7. The number of aryl methyl sites for hydroxylation is 1. The van der Waals surface area contributed by atoms with Crippen LogP contribution in [-0.4, -0.2) is 20.8 Å². The zero-order valence-electron chi connectivity index (χ0n) is 17.5. The van der Waals surface area contributed by atoms with Crippen molar-refractivity contribution < 1.29 is 16.8 Å². The molecule has 0 amide bonds. The first-order valence-corrected chi connectivity index (χ1v) is 13.7. The summed E-state index contributed by atoms with van der Waals surface area (Å²) in [4.78, 5) is -0.0198. The van der Waals surface area contributed by atoms with Gasteiger partial charge >= 0.3 is 0 Å². The zero-order valence-corrected chi connectivity index (χ0v) is 20.6. The van der Waals surface area contributed by atoms with Gasteiger partial charge in [0.1, 0.15) is 0 Å². The van der Waals surface area contributed by atoms with Gasteiger partial charge in [-0.1, -0.05) is 60.5 Å². The smallest absolute Gasteiger partial charge is 0.221 e. The standard InChI is InChI=1S/C23H20Cl2N2O4S2/c1-2-20-21-14-18(25)12-13-22(21)27(33(30,31)19-6-4-3-5-7-19)23(20)32(28,29)26-15-16-8-10-17(24)11-9-16/h3-14,26H,2,15H2,1H3. The van der Waals surface area contributed by atoms with E-state index in [9.17, 15) is 16.8 Å². The van der Waals surface area contributed by atoms with Crippen LogP contribution in [0.1, 0.15) is 18.1 Å². The van der Waals surface area contributed by atoms with E-state index in [1.165, 1.54) is 24.3 Å². The van der Waals surface area contributed by atoms with Gasteiger partial charge in [-0.25, -0.2) is 25.5 Å². The molecule has 172 valence electrons. The lowest BCUT2D eigenvalue weighted by Crippen LogP contribution is -2.28. The molecule has 4 aromatic rings. The van der Waals surface area contributed by atoms with E-state index >= 15 is 0 Å². The molecule has 33 heavy (non-hydrogen) atoms. The first-order valence-electron chi connectivity index (χ1n) is 10.0. The molecule has 4 rings (SSSR count). The van der Waals surface area contributed by atoms with E-state index in [1.807, 2.05) is 0 Å². The van der Waals surface area contributed by atoms with Crippen molar-refractivity contribution in [1.82, 2.24) is 8.69 Å². The van der Waals surface area contributed by atoms with Gasteiger partial charge in [0.15, 0.2) is 5.03 Å². The normalized spacial score (nSPS) is 12.3. The molecule has 0 radical (unpaired) electrons. The maximum atomic E-state index is 13.7. The highest BCUT2D eigenvalue weighted by Crippen LogP contribution is 2.35. The van der Waals surface area contributed by atoms with Crippen molar-refractivity contribution in [1.29, 1.82) is 0 Å². The van der Waals surface area contributed by atoms with E-state index in [-0.39, 0.29) is 28.4 Å². The number of nitrogens with zero attached hydrogens (tertiary/aromatic N) is 1. The molecule has 0 spiro atoms. The van der Waals surface area contributed by atoms with Crippen LogP contribution < -0.4 is 4.72 Å². The molecule has 0 aliphatic carbocycles. The minimum atomic E-state index is -4.25. The SMILES string of the molecule is CCc1c(S(=O)(=O)NCc2ccc(Cl)cc2)n(S(=O)(=O)c2ccccc2)c2ccc(Cl)cc12. The Morgan fingerprint density at radius 2 is 1.48 bits per heavy atom. The van der Waals surface area contributed by atoms with Gasteiger partial charge < -0.3 is 0 Å². The Labute approximate surface area is 202 Å². The molecule has 1 heterocycles. The average Bonchev–Trinajstić information content (AvgIpc) is 3.14. The molecule has 1 aromatic heterocycles. The van der Waals surface area contributed by atoms with E-state index in [2.05, 4.69) is 4.72 Å². The molecule has 0 fully saturated rings. The number of hydrogen-bond donors (Lipinski definition) is 1. The van der Waals surface area contributed by atoms with Crippen LogP contribution in [0.4, 0.5) is 0 Å². The lowest BCUT2D eigenvalue weighted by Gasteiger charge is -2.14. The number of nitrogens with one attached hydrogen (secondary N) is 1. The predicted molar refractivity (Wildman–Crippen MR) is 131 cm³/mol. The molecule has 0 aliphatic rings. The summed E-state index contributed by atoms with van der Waals surface area (Å²) in [6.45, 7) is 1.74. The molecule has 10 heteroatoms.